The van der Waals surface area contributed by atoms with Gasteiger partial charge in [0.15, 0.2) is 0 Å². The largest absolute Gasteiger partial charge is 0.373 e. The van der Waals surface area contributed by atoms with Gasteiger partial charge in [0.2, 0.25) is 10.0 Å². The van der Waals surface area contributed by atoms with Gasteiger partial charge in [-0.05, 0) is 37.6 Å². The molecule has 0 saturated carbocycles. The topological polar surface area (TPSA) is 93.5 Å². The van der Waals surface area contributed by atoms with E-state index in [1.807, 2.05) is 62.0 Å². The first-order valence-corrected chi connectivity index (χ1v) is 12.3. The minimum atomic E-state index is -3.76. The van der Waals surface area contributed by atoms with Gasteiger partial charge >= 0.3 is 0 Å². The average Bonchev–Trinajstić information content (AvgIpc) is 3.23. The highest BCUT2D eigenvalue weighted by Gasteiger charge is 2.32. The van der Waals surface area contributed by atoms with E-state index in [4.69, 9.17) is 4.74 Å². The summed E-state index contributed by atoms with van der Waals surface area (Å²) in [6.45, 7) is 4.25. The zero-order valence-electron chi connectivity index (χ0n) is 18.9. The van der Waals surface area contributed by atoms with Crippen LogP contribution < -0.4 is 5.32 Å². The predicted molar refractivity (Wildman–Crippen MR) is 124 cm³/mol. The maximum Gasteiger partial charge on any atom is 0.252 e. The molecule has 1 aliphatic rings. The second-order valence-corrected chi connectivity index (χ2v) is 10.3. The number of carbonyl (C=O) groups is 1. The van der Waals surface area contributed by atoms with Crippen molar-refractivity contribution in [1.29, 1.82) is 0 Å². The Hall–Kier alpha value is -3.01. The van der Waals surface area contributed by atoms with E-state index in [1.165, 1.54) is 16.4 Å². The molecule has 174 valence electrons. The van der Waals surface area contributed by atoms with Crippen molar-refractivity contribution in [3.05, 3.63) is 83.9 Å². The standard InChI is InChI=1S/C24H28N4O4S/c1-17-15-28(16-18(2)32-17)33(30,31)21-11-7-10-20(14-21)24(29)26-22(19-8-5-4-6-9-19)23-25-12-13-27(23)3/h4-14,17-18,22H,15-16H2,1-3H3,(H,26,29). The van der Waals surface area contributed by atoms with Gasteiger partial charge in [-0.15, -0.1) is 0 Å². The predicted octanol–water partition coefficient (Wildman–Crippen LogP) is 2.74. The molecule has 1 saturated heterocycles. The van der Waals surface area contributed by atoms with E-state index in [0.29, 0.717) is 5.82 Å². The first kappa shape index (κ1) is 23.2. The number of aromatic nitrogens is 2. The van der Waals surface area contributed by atoms with Crippen molar-refractivity contribution in [2.24, 2.45) is 7.05 Å². The van der Waals surface area contributed by atoms with Crippen LogP contribution in [0, 0.1) is 0 Å². The van der Waals surface area contributed by atoms with E-state index in [2.05, 4.69) is 10.3 Å². The maximum atomic E-state index is 13.3. The Bertz CT molecular complexity index is 1220. The number of amides is 1. The Labute approximate surface area is 194 Å². The summed E-state index contributed by atoms with van der Waals surface area (Å²) in [6, 6.07) is 15.2. The Morgan fingerprint density at radius 2 is 1.79 bits per heavy atom. The Balaban J connectivity index is 1.61. The van der Waals surface area contributed by atoms with Gasteiger partial charge in [-0.2, -0.15) is 4.31 Å². The number of carbonyl (C=O) groups excluding carboxylic acids is 1. The van der Waals surface area contributed by atoms with Crippen LogP contribution in [0.4, 0.5) is 0 Å². The molecule has 1 fully saturated rings. The van der Waals surface area contributed by atoms with Crippen LogP contribution in [0.25, 0.3) is 0 Å². The molecule has 2 heterocycles. The monoisotopic (exact) mass is 468 g/mol. The Morgan fingerprint density at radius 3 is 2.42 bits per heavy atom. The molecule has 0 radical (unpaired) electrons. The van der Waals surface area contributed by atoms with Crippen LogP contribution in [0.5, 0.6) is 0 Å². The highest BCUT2D eigenvalue weighted by molar-refractivity contribution is 7.89. The number of benzene rings is 2. The number of ether oxygens (including phenoxy) is 1. The van der Waals surface area contributed by atoms with Gasteiger partial charge in [-0.1, -0.05) is 36.4 Å². The number of hydrogen-bond donors (Lipinski definition) is 1. The molecule has 4 rings (SSSR count). The fourth-order valence-corrected chi connectivity index (χ4v) is 5.72. The molecule has 3 aromatic rings. The lowest BCUT2D eigenvalue weighted by Crippen LogP contribution is -2.48. The number of nitrogens with one attached hydrogen (secondary N) is 1. The molecule has 2 aromatic carbocycles. The molecule has 8 nitrogen and oxygen atoms in total. The van der Waals surface area contributed by atoms with E-state index in [1.54, 1.807) is 18.3 Å². The normalized spacial score (nSPS) is 20.3. The number of nitrogens with zero attached hydrogens (tertiary/aromatic N) is 3. The van der Waals surface area contributed by atoms with Gasteiger partial charge in [0, 0.05) is 38.1 Å². The SMILES string of the molecule is CC1CN(S(=O)(=O)c2cccc(C(=O)NC(c3ccccc3)c3nccn3C)c2)CC(C)O1. The number of sulfonamides is 1. The molecule has 9 heteroatoms. The lowest BCUT2D eigenvalue weighted by molar-refractivity contribution is -0.0440. The van der Waals surface area contributed by atoms with Crippen molar-refractivity contribution < 1.29 is 17.9 Å². The third-order valence-electron chi connectivity index (χ3n) is 5.65. The number of aryl methyl sites for hydroxylation is 1. The molecule has 33 heavy (non-hydrogen) atoms. The van der Waals surface area contributed by atoms with Crippen LogP contribution in [0.3, 0.4) is 0 Å². The van der Waals surface area contributed by atoms with E-state index in [9.17, 15) is 13.2 Å². The van der Waals surface area contributed by atoms with Gasteiger partial charge in [0.25, 0.3) is 5.91 Å². The minimum Gasteiger partial charge on any atom is -0.373 e. The van der Waals surface area contributed by atoms with Crippen LogP contribution in [-0.4, -0.2) is 53.5 Å². The maximum absolute atomic E-state index is 13.3. The summed E-state index contributed by atoms with van der Waals surface area (Å²) in [7, 11) is -1.89. The summed E-state index contributed by atoms with van der Waals surface area (Å²) in [5.41, 5.74) is 1.14. The minimum absolute atomic E-state index is 0.0877. The molecule has 0 aliphatic carbocycles. The average molecular weight is 469 g/mol. The highest BCUT2D eigenvalue weighted by atomic mass is 32.2. The van der Waals surface area contributed by atoms with Crippen LogP contribution in [0.15, 0.2) is 71.9 Å². The summed E-state index contributed by atoms with van der Waals surface area (Å²) in [5.74, 6) is 0.294. The van der Waals surface area contributed by atoms with E-state index >= 15 is 0 Å². The molecule has 3 atom stereocenters. The Morgan fingerprint density at radius 1 is 1.09 bits per heavy atom. The fourth-order valence-electron chi connectivity index (χ4n) is 4.09. The third-order valence-corrected chi connectivity index (χ3v) is 7.47. The smallest absolute Gasteiger partial charge is 0.252 e. The zero-order valence-corrected chi connectivity index (χ0v) is 19.7. The summed E-state index contributed by atoms with van der Waals surface area (Å²) in [5, 5.41) is 3.01. The molecular formula is C24H28N4O4S. The molecule has 0 spiro atoms. The lowest BCUT2D eigenvalue weighted by atomic mass is 10.1. The van der Waals surface area contributed by atoms with Crippen molar-refractivity contribution in [3.63, 3.8) is 0 Å². The first-order valence-electron chi connectivity index (χ1n) is 10.8. The quantitative estimate of drug-likeness (QED) is 0.600. The second kappa shape index (κ2) is 9.46. The van der Waals surface area contributed by atoms with Crippen LogP contribution >= 0.6 is 0 Å². The molecule has 1 aliphatic heterocycles. The first-order chi connectivity index (χ1) is 15.8. The zero-order chi connectivity index (χ0) is 23.6. The third kappa shape index (κ3) is 5.00. The van der Waals surface area contributed by atoms with Crippen molar-refractivity contribution in [2.75, 3.05) is 13.1 Å². The van der Waals surface area contributed by atoms with Crippen molar-refractivity contribution in [1.82, 2.24) is 19.2 Å². The van der Waals surface area contributed by atoms with Gasteiger partial charge in [-0.3, -0.25) is 4.79 Å². The van der Waals surface area contributed by atoms with Gasteiger partial charge in [-0.25, -0.2) is 13.4 Å². The van der Waals surface area contributed by atoms with Gasteiger partial charge in [0.1, 0.15) is 11.9 Å². The number of morpholine rings is 1. The van der Waals surface area contributed by atoms with E-state index < -0.39 is 16.1 Å². The number of hydrogen-bond acceptors (Lipinski definition) is 5. The van der Waals surface area contributed by atoms with Gasteiger partial charge in [0.05, 0.1) is 17.1 Å². The molecule has 3 unspecified atom stereocenters. The lowest BCUT2D eigenvalue weighted by Gasteiger charge is -2.34. The van der Waals surface area contributed by atoms with E-state index in [-0.39, 0.29) is 41.7 Å². The molecule has 1 amide bonds. The molecule has 1 N–H and O–H groups in total. The van der Waals surface area contributed by atoms with Crippen molar-refractivity contribution >= 4 is 15.9 Å². The van der Waals surface area contributed by atoms with Crippen LogP contribution in [0.1, 0.15) is 41.6 Å². The summed E-state index contributed by atoms with van der Waals surface area (Å²) in [6.07, 6.45) is 3.10. The summed E-state index contributed by atoms with van der Waals surface area (Å²) >= 11 is 0. The second-order valence-electron chi connectivity index (χ2n) is 8.32. The Kier molecular flexibility index (Phi) is 6.64. The van der Waals surface area contributed by atoms with Crippen molar-refractivity contribution in [2.45, 2.75) is 37.0 Å². The van der Waals surface area contributed by atoms with Crippen molar-refractivity contribution in [3.8, 4) is 0 Å². The number of imidazole rings is 1. The van der Waals surface area contributed by atoms with E-state index in [0.717, 1.165) is 5.56 Å². The molecular weight excluding hydrogens is 440 g/mol. The van der Waals surface area contributed by atoms with Gasteiger partial charge < -0.3 is 14.6 Å². The molecule has 1 aromatic heterocycles. The molecule has 0 bridgehead atoms. The fraction of sp³-hybridized carbons (Fsp3) is 0.333. The highest BCUT2D eigenvalue weighted by Crippen LogP contribution is 2.24. The summed E-state index contributed by atoms with van der Waals surface area (Å²) in [4.78, 5) is 17.7. The summed E-state index contributed by atoms with van der Waals surface area (Å²) < 4.78 is 35.4. The number of rotatable bonds is 6. The van der Waals surface area contributed by atoms with Crippen LogP contribution in [-0.2, 0) is 21.8 Å². The van der Waals surface area contributed by atoms with Crippen LogP contribution in [0.2, 0.25) is 0 Å².